The molecule has 0 aliphatic carbocycles. The zero-order chi connectivity index (χ0) is 14.4. The van der Waals surface area contributed by atoms with Gasteiger partial charge in [-0.15, -0.1) is 0 Å². The van der Waals surface area contributed by atoms with Crippen molar-refractivity contribution in [1.82, 2.24) is 0 Å². The number of ether oxygens (including phenoxy) is 1. The molecule has 0 heterocycles. The van der Waals surface area contributed by atoms with Gasteiger partial charge in [0.1, 0.15) is 5.75 Å². The van der Waals surface area contributed by atoms with Gasteiger partial charge in [0.2, 0.25) is 0 Å². The molecule has 20 heavy (non-hydrogen) atoms. The van der Waals surface area contributed by atoms with Crippen LogP contribution in [0.5, 0.6) is 5.75 Å². The predicted octanol–water partition coefficient (Wildman–Crippen LogP) is 3.32. The van der Waals surface area contributed by atoms with Gasteiger partial charge in [0, 0.05) is 17.5 Å². The molecular formula is C15H14N2O3. The van der Waals surface area contributed by atoms with Gasteiger partial charge in [-0.2, -0.15) is 0 Å². The lowest BCUT2D eigenvalue weighted by molar-refractivity contribution is 0.187. The molecule has 0 aliphatic rings. The van der Waals surface area contributed by atoms with Crippen LogP contribution in [-0.2, 0) is 4.74 Å². The summed E-state index contributed by atoms with van der Waals surface area (Å²) in [7, 11) is 1.31. The first-order valence-electron chi connectivity index (χ1n) is 5.96. The summed E-state index contributed by atoms with van der Waals surface area (Å²) < 4.78 is 4.50. The predicted molar refractivity (Wildman–Crippen MR) is 77.8 cm³/mol. The summed E-state index contributed by atoms with van der Waals surface area (Å²) in [6.07, 6.45) is 1.06. The number of para-hydroxylation sites is 1. The van der Waals surface area contributed by atoms with E-state index in [-0.39, 0.29) is 5.75 Å². The molecule has 0 radical (unpaired) electrons. The minimum atomic E-state index is -0.518. The zero-order valence-electron chi connectivity index (χ0n) is 10.9. The molecule has 2 aromatic rings. The molecule has 2 rings (SSSR count). The summed E-state index contributed by atoms with van der Waals surface area (Å²) in [6.45, 7) is 0. The second kappa shape index (κ2) is 6.38. The second-order valence-corrected chi connectivity index (χ2v) is 3.98. The van der Waals surface area contributed by atoms with E-state index in [1.165, 1.54) is 7.11 Å². The van der Waals surface area contributed by atoms with E-state index in [0.29, 0.717) is 16.9 Å². The lowest BCUT2D eigenvalue weighted by Gasteiger charge is -2.03. The van der Waals surface area contributed by atoms with Crippen LogP contribution < -0.4 is 5.32 Å². The molecule has 0 aliphatic heterocycles. The number of anilines is 1. The van der Waals surface area contributed by atoms with Crippen LogP contribution in [0.15, 0.2) is 53.5 Å². The average Bonchev–Trinajstić information content (AvgIpc) is 2.48. The fraction of sp³-hybridized carbons (Fsp3) is 0.0667. The highest BCUT2D eigenvalue weighted by atomic mass is 16.5. The third-order valence-corrected chi connectivity index (χ3v) is 2.59. The van der Waals surface area contributed by atoms with E-state index < -0.39 is 6.09 Å². The number of nitrogens with zero attached hydrogens (tertiary/aromatic N) is 1. The molecule has 0 unspecified atom stereocenters. The van der Waals surface area contributed by atoms with E-state index in [1.807, 2.05) is 6.07 Å². The normalized spacial score (nSPS) is 10.4. The summed E-state index contributed by atoms with van der Waals surface area (Å²) in [5.41, 5.74) is 1.98. The number of rotatable bonds is 3. The average molecular weight is 270 g/mol. The number of phenols is 1. The SMILES string of the molecule is COC(=O)Nc1ccc(N=Cc2ccccc2O)cc1. The molecule has 0 aromatic heterocycles. The first kappa shape index (κ1) is 13.6. The number of aromatic hydroxyl groups is 1. The van der Waals surface area contributed by atoms with Gasteiger partial charge in [0.05, 0.1) is 12.8 Å². The van der Waals surface area contributed by atoms with E-state index in [1.54, 1.807) is 48.7 Å². The molecule has 1 amide bonds. The maximum absolute atomic E-state index is 11.0. The van der Waals surface area contributed by atoms with E-state index in [9.17, 15) is 9.90 Å². The molecule has 102 valence electrons. The Bertz CT molecular complexity index is 621. The highest BCUT2D eigenvalue weighted by molar-refractivity contribution is 5.86. The topological polar surface area (TPSA) is 70.9 Å². The third kappa shape index (κ3) is 3.58. The fourth-order valence-corrected chi connectivity index (χ4v) is 1.54. The summed E-state index contributed by atoms with van der Waals surface area (Å²) in [5.74, 6) is 0.181. The van der Waals surface area contributed by atoms with E-state index >= 15 is 0 Å². The molecule has 0 atom stereocenters. The van der Waals surface area contributed by atoms with E-state index in [4.69, 9.17) is 0 Å². The number of nitrogens with one attached hydrogen (secondary N) is 1. The smallest absolute Gasteiger partial charge is 0.411 e. The van der Waals surface area contributed by atoms with Crippen molar-refractivity contribution in [3.8, 4) is 5.75 Å². The second-order valence-electron chi connectivity index (χ2n) is 3.98. The third-order valence-electron chi connectivity index (χ3n) is 2.59. The maximum atomic E-state index is 11.0. The highest BCUT2D eigenvalue weighted by Gasteiger charge is 2.00. The maximum Gasteiger partial charge on any atom is 0.411 e. The minimum Gasteiger partial charge on any atom is -0.507 e. The summed E-state index contributed by atoms with van der Waals surface area (Å²) in [5, 5.41) is 12.2. The largest absolute Gasteiger partial charge is 0.507 e. The van der Waals surface area contributed by atoms with Crippen molar-refractivity contribution in [2.45, 2.75) is 0 Å². The van der Waals surface area contributed by atoms with E-state index in [2.05, 4.69) is 15.0 Å². The Labute approximate surface area is 116 Å². The number of carbonyl (C=O) groups excluding carboxylic acids is 1. The van der Waals surface area contributed by atoms with Gasteiger partial charge in [-0.3, -0.25) is 10.3 Å². The quantitative estimate of drug-likeness (QED) is 0.840. The molecule has 0 fully saturated rings. The molecule has 5 heteroatoms. The van der Waals surface area contributed by atoms with Crippen molar-refractivity contribution in [3.63, 3.8) is 0 Å². The number of phenolic OH excluding ortho intramolecular Hbond substituents is 1. The lowest BCUT2D eigenvalue weighted by Crippen LogP contribution is -2.10. The number of hydrogen-bond donors (Lipinski definition) is 2. The molecular weight excluding hydrogens is 256 g/mol. The number of benzene rings is 2. The van der Waals surface area contributed by atoms with Crippen LogP contribution in [0.4, 0.5) is 16.2 Å². The van der Waals surface area contributed by atoms with Crippen LogP contribution in [0.2, 0.25) is 0 Å². The first-order valence-corrected chi connectivity index (χ1v) is 5.96. The number of hydrogen-bond acceptors (Lipinski definition) is 4. The summed E-state index contributed by atoms with van der Waals surface area (Å²) in [4.78, 5) is 15.3. The van der Waals surface area contributed by atoms with Crippen LogP contribution in [-0.4, -0.2) is 24.5 Å². The van der Waals surface area contributed by atoms with Crippen LogP contribution in [0.3, 0.4) is 0 Å². The first-order chi connectivity index (χ1) is 9.69. The molecule has 0 saturated heterocycles. The standard InChI is InChI=1S/C15H14N2O3/c1-20-15(19)17-13-8-6-12(7-9-13)16-10-11-4-2-3-5-14(11)18/h2-10,18H,1H3,(H,17,19). The van der Waals surface area contributed by atoms with Crippen LogP contribution >= 0.6 is 0 Å². The van der Waals surface area contributed by atoms with Gasteiger partial charge in [-0.05, 0) is 36.4 Å². The zero-order valence-corrected chi connectivity index (χ0v) is 10.9. The number of carbonyl (C=O) groups is 1. The Balaban J connectivity index is 2.07. The van der Waals surface area contributed by atoms with Gasteiger partial charge < -0.3 is 9.84 Å². The molecule has 2 N–H and O–H groups in total. The Morgan fingerprint density at radius 3 is 2.55 bits per heavy atom. The molecule has 0 saturated carbocycles. The van der Waals surface area contributed by atoms with Crippen molar-refractivity contribution in [2.24, 2.45) is 4.99 Å². The van der Waals surface area contributed by atoms with Crippen molar-refractivity contribution in [2.75, 3.05) is 12.4 Å². The monoisotopic (exact) mass is 270 g/mol. The lowest BCUT2D eigenvalue weighted by atomic mass is 10.2. The molecule has 2 aromatic carbocycles. The van der Waals surface area contributed by atoms with Crippen molar-refractivity contribution in [3.05, 3.63) is 54.1 Å². The van der Waals surface area contributed by atoms with Crippen molar-refractivity contribution < 1.29 is 14.6 Å². The molecule has 5 nitrogen and oxygen atoms in total. The van der Waals surface area contributed by atoms with Gasteiger partial charge in [0.25, 0.3) is 0 Å². The number of amides is 1. The van der Waals surface area contributed by atoms with Gasteiger partial charge in [0.15, 0.2) is 0 Å². The highest BCUT2D eigenvalue weighted by Crippen LogP contribution is 2.18. The minimum absolute atomic E-state index is 0.181. The summed E-state index contributed by atoms with van der Waals surface area (Å²) in [6, 6.07) is 13.9. The van der Waals surface area contributed by atoms with Crippen LogP contribution in [0.25, 0.3) is 0 Å². The Morgan fingerprint density at radius 1 is 1.20 bits per heavy atom. The van der Waals surface area contributed by atoms with Crippen LogP contribution in [0, 0.1) is 0 Å². The molecule has 0 spiro atoms. The fourth-order valence-electron chi connectivity index (χ4n) is 1.54. The van der Waals surface area contributed by atoms with Crippen LogP contribution in [0.1, 0.15) is 5.56 Å². The van der Waals surface area contributed by atoms with Crippen molar-refractivity contribution in [1.29, 1.82) is 0 Å². The van der Waals surface area contributed by atoms with Crippen molar-refractivity contribution >= 4 is 23.7 Å². The Kier molecular flexibility index (Phi) is 4.34. The Hall–Kier alpha value is -2.82. The Morgan fingerprint density at radius 2 is 1.90 bits per heavy atom. The van der Waals surface area contributed by atoms with E-state index in [0.717, 1.165) is 0 Å². The molecule has 0 bridgehead atoms. The summed E-state index contributed by atoms with van der Waals surface area (Å²) >= 11 is 0. The van der Waals surface area contributed by atoms with Gasteiger partial charge >= 0.3 is 6.09 Å². The number of methoxy groups -OCH3 is 1. The number of aliphatic imine (C=N–C) groups is 1. The van der Waals surface area contributed by atoms with Gasteiger partial charge in [-0.1, -0.05) is 12.1 Å². The van der Waals surface area contributed by atoms with Gasteiger partial charge in [-0.25, -0.2) is 4.79 Å².